The molecule has 0 aliphatic carbocycles. The van der Waals surface area contributed by atoms with Crippen molar-refractivity contribution < 1.29 is 14.5 Å². The van der Waals surface area contributed by atoms with Gasteiger partial charge >= 0.3 is 6.03 Å². The van der Waals surface area contributed by atoms with Crippen LogP contribution in [0, 0.1) is 10.1 Å². The molecule has 0 unspecified atom stereocenters. The Hall–Kier alpha value is -2.15. The van der Waals surface area contributed by atoms with Crippen LogP contribution in [-0.4, -0.2) is 23.4 Å². The van der Waals surface area contributed by atoms with E-state index in [4.69, 9.17) is 11.6 Å². The lowest BCUT2D eigenvalue weighted by Gasteiger charge is -2.13. The molecule has 1 heterocycles. The third kappa shape index (κ3) is 1.92. The second kappa shape index (κ2) is 4.02. The number of nitro benzene ring substituents is 1. The van der Waals surface area contributed by atoms with Crippen molar-refractivity contribution in [2.75, 3.05) is 11.4 Å². The number of amides is 3. The van der Waals surface area contributed by atoms with E-state index >= 15 is 0 Å². The fourth-order valence-corrected chi connectivity index (χ4v) is 1.65. The zero-order chi connectivity index (χ0) is 12.6. The standard InChI is InChI=1S/C9H6ClN3O4/c10-6-2-1-5(13(16)17)3-7(6)12-8(14)4-11-9(12)15/h1-3H,4H2,(H,11,15). The molecule has 2 rings (SSSR count). The highest BCUT2D eigenvalue weighted by Crippen LogP contribution is 2.31. The molecule has 1 aromatic carbocycles. The number of halogens is 1. The van der Waals surface area contributed by atoms with Crippen LogP contribution in [0.2, 0.25) is 5.02 Å². The number of nitrogens with one attached hydrogen (secondary N) is 1. The maximum Gasteiger partial charge on any atom is 0.329 e. The third-order valence-corrected chi connectivity index (χ3v) is 2.54. The van der Waals surface area contributed by atoms with E-state index in [-0.39, 0.29) is 22.9 Å². The van der Waals surface area contributed by atoms with Gasteiger partial charge in [-0.15, -0.1) is 0 Å². The maximum atomic E-state index is 11.4. The Morgan fingerprint density at radius 1 is 1.41 bits per heavy atom. The summed E-state index contributed by atoms with van der Waals surface area (Å²) in [4.78, 5) is 33.6. The zero-order valence-corrected chi connectivity index (χ0v) is 9.10. The highest BCUT2D eigenvalue weighted by molar-refractivity contribution is 6.35. The molecular weight excluding hydrogens is 250 g/mol. The summed E-state index contributed by atoms with van der Waals surface area (Å²) in [7, 11) is 0. The van der Waals surface area contributed by atoms with Crippen molar-refractivity contribution in [2.24, 2.45) is 0 Å². The van der Waals surface area contributed by atoms with Gasteiger partial charge in [-0.05, 0) is 6.07 Å². The molecule has 1 saturated heterocycles. The van der Waals surface area contributed by atoms with Crippen LogP contribution in [0.4, 0.5) is 16.2 Å². The predicted octanol–water partition coefficient (Wildman–Crippen LogP) is 1.30. The van der Waals surface area contributed by atoms with E-state index in [0.717, 1.165) is 11.0 Å². The average Bonchev–Trinajstić information content (AvgIpc) is 2.59. The first kappa shape index (κ1) is 11.3. The van der Waals surface area contributed by atoms with Gasteiger partial charge in [0.15, 0.2) is 0 Å². The summed E-state index contributed by atoms with van der Waals surface area (Å²) in [6.07, 6.45) is 0. The first-order valence-electron chi connectivity index (χ1n) is 4.55. The van der Waals surface area contributed by atoms with Crippen LogP contribution in [0.5, 0.6) is 0 Å². The van der Waals surface area contributed by atoms with Gasteiger partial charge in [-0.2, -0.15) is 0 Å². The minimum absolute atomic E-state index is 0.0147. The van der Waals surface area contributed by atoms with Crippen molar-refractivity contribution in [1.29, 1.82) is 0 Å². The second-order valence-electron chi connectivity index (χ2n) is 3.28. The first-order chi connectivity index (χ1) is 8.00. The molecule has 1 N–H and O–H groups in total. The van der Waals surface area contributed by atoms with Gasteiger partial charge in [0.1, 0.15) is 0 Å². The summed E-state index contributed by atoms with van der Waals surface area (Å²) < 4.78 is 0. The van der Waals surface area contributed by atoms with Crippen molar-refractivity contribution in [2.45, 2.75) is 0 Å². The van der Waals surface area contributed by atoms with E-state index in [0.29, 0.717) is 0 Å². The number of nitrogens with zero attached hydrogens (tertiary/aromatic N) is 2. The number of hydrogen-bond donors (Lipinski definition) is 1. The number of rotatable bonds is 2. The minimum atomic E-state index is -0.641. The Labute approximate surface area is 100 Å². The van der Waals surface area contributed by atoms with Gasteiger partial charge in [0.2, 0.25) is 0 Å². The van der Waals surface area contributed by atoms with Crippen LogP contribution >= 0.6 is 11.6 Å². The van der Waals surface area contributed by atoms with E-state index in [1.807, 2.05) is 0 Å². The monoisotopic (exact) mass is 255 g/mol. The van der Waals surface area contributed by atoms with E-state index in [1.165, 1.54) is 12.1 Å². The lowest BCUT2D eigenvalue weighted by molar-refractivity contribution is -0.384. The summed E-state index contributed by atoms with van der Waals surface area (Å²) in [5.41, 5.74) is -0.224. The van der Waals surface area contributed by atoms with Crippen LogP contribution in [0.3, 0.4) is 0 Å². The van der Waals surface area contributed by atoms with Crippen LogP contribution in [0.25, 0.3) is 0 Å². The predicted molar refractivity (Wildman–Crippen MR) is 59.0 cm³/mol. The molecular formula is C9H6ClN3O4. The molecule has 3 amide bonds. The molecule has 1 fully saturated rings. The van der Waals surface area contributed by atoms with E-state index < -0.39 is 16.9 Å². The molecule has 0 bridgehead atoms. The Morgan fingerprint density at radius 2 is 2.12 bits per heavy atom. The van der Waals surface area contributed by atoms with Gasteiger partial charge in [0, 0.05) is 12.1 Å². The van der Waals surface area contributed by atoms with Crippen LogP contribution in [0.15, 0.2) is 18.2 Å². The minimum Gasteiger partial charge on any atom is -0.328 e. The van der Waals surface area contributed by atoms with Crippen LogP contribution in [0.1, 0.15) is 0 Å². The van der Waals surface area contributed by atoms with Crippen molar-refractivity contribution >= 4 is 34.9 Å². The SMILES string of the molecule is O=C1CNC(=O)N1c1cc([N+](=O)[O-])ccc1Cl. The fraction of sp³-hybridized carbons (Fsp3) is 0.111. The molecule has 0 aromatic heterocycles. The average molecular weight is 256 g/mol. The van der Waals surface area contributed by atoms with Gasteiger partial charge in [-0.3, -0.25) is 14.9 Å². The number of imide groups is 1. The fourth-order valence-electron chi connectivity index (χ4n) is 1.45. The van der Waals surface area contributed by atoms with Crippen molar-refractivity contribution in [1.82, 2.24) is 5.32 Å². The highest BCUT2D eigenvalue weighted by atomic mass is 35.5. The van der Waals surface area contributed by atoms with Crippen molar-refractivity contribution in [3.63, 3.8) is 0 Å². The summed E-state index contributed by atoms with van der Waals surface area (Å²) in [5.74, 6) is -0.502. The molecule has 1 aliphatic rings. The van der Waals surface area contributed by atoms with Crippen molar-refractivity contribution in [3.05, 3.63) is 33.3 Å². The number of hydrogen-bond acceptors (Lipinski definition) is 4. The van der Waals surface area contributed by atoms with Crippen LogP contribution in [-0.2, 0) is 4.79 Å². The molecule has 8 heteroatoms. The molecule has 1 aliphatic heterocycles. The van der Waals surface area contributed by atoms with E-state index in [9.17, 15) is 19.7 Å². The maximum absolute atomic E-state index is 11.4. The zero-order valence-electron chi connectivity index (χ0n) is 8.34. The molecule has 7 nitrogen and oxygen atoms in total. The summed E-state index contributed by atoms with van der Waals surface area (Å²) in [6, 6.07) is 2.92. The molecule has 17 heavy (non-hydrogen) atoms. The summed E-state index contributed by atoms with van der Waals surface area (Å²) in [6.45, 7) is -0.141. The van der Waals surface area contributed by atoms with E-state index in [1.54, 1.807) is 0 Å². The largest absolute Gasteiger partial charge is 0.329 e. The summed E-state index contributed by atoms with van der Waals surface area (Å²) in [5, 5.41) is 13.0. The number of non-ortho nitro benzene ring substituents is 1. The van der Waals surface area contributed by atoms with Gasteiger partial charge in [-0.25, -0.2) is 9.69 Å². The lowest BCUT2D eigenvalue weighted by Crippen LogP contribution is -2.30. The number of carbonyl (C=O) groups excluding carboxylic acids is 2. The van der Waals surface area contributed by atoms with Gasteiger partial charge in [0.05, 0.1) is 22.2 Å². The molecule has 0 atom stereocenters. The Kier molecular flexibility index (Phi) is 2.68. The number of urea groups is 1. The molecule has 1 aromatic rings. The topological polar surface area (TPSA) is 92.6 Å². The molecule has 0 spiro atoms. The normalized spacial score (nSPS) is 15.0. The van der Waals surface area contributed by atoms with E-state index in [2.05, 4.69) is 5.32 Å². The van der Waals surface area contributed by atoms with Gasteiger partial charge < -0.3 is 5.32 Å². The smallest absolute Gasteiger partial charge is 0.328 e. The highest BCUT2D eigenvalue weighted by Gasteiger charge is 2.32. The quantitative estimate of drug-likeness (QED) is 0.490. The molecule has 0 radical (unpaired) electrons. The molecule has 88 valence electrons. The van der Waals surface area contributed by atoms with Gasteiger partial charge in [-0.1, -0.05) is 11.6 Å². The molecule has 0 saturated carbocycles. The van der Waals surface area contributed by atoms with Crippen LogP contribution < -0.4 is 10.2 Å². The Bertz CT molecular complexity index is 515. The summed E-state index contributed by atoms with van der Waals surface area (Å²) >= 11 is 5.82. The third-order valence-electron chi connectivity index (χ3n) is 2.22. The number of anilines is 1. The van der Waals surface area contributed by atoms with Crippen molar-refractivity contribution in [3.8, 4) is 0 Å². The Morgan fingerprint density at radius 3 is 2.65 bits per heavy atom. The number of benzene rings is 1. The van der Waals surface area contributed by atoms with Gasteiger partial charge in [0.25, 0.3) is 11.6 Å². The number of nitro groups is 1. The number of carbonyl (C=O) groups is 2. The Balaban J connectivity index is 2.50. The second-order valence-corrected chi connectivity index (χ2v) is 3.69. The first-order valence-corrected chi connectivity index (χ1v) is 4.93. The lowest BCUT2D eigenvalue weighted by atomic mass is 10.2.